The lowest BCUT2D eigenvalue weighted by Crippen LogP contribution is -2.37. The molecule has 2 aliphatic heterocycles. The van der Waals surface area contributed by atoms with Crippen molar-refractivity contribution in [2.75, 3.05) is 33.3 Å². The minimum absolute atomic E-state index is 0.0434. The molecule has 4 nitrogen and oxygen atoms in total. The molecule has 114 valence electrons. The van der Waals surface area contributed by atoms with Gasteiger partial charge in [-0.05, 0) is 62.7 Å². The summed E-state index contributed by atoms with van der Waals surface area (Å²) < 4.78 is 5.32. The molecule has 0 bridgehead atoms. The predicted molar refractivity (Wildman–Crippen MR) is 83.0 cm³/mol. The summed E-state index contributed by atoms with van der Waals surface area (Å²) in [6.07, 6.45) is 5.12. The largest absolute Gasteiger partial charge is 0.497 e. The highest BCUT2D eigenvalue weighted by Crippen LogP contribution is 2.30. The zero-order valence-corrected chi connectivity index (χ0v) is 12.7. The van der Waals surface area contributed by atoms with Gasteiger partial charge in [-0.15, -0.1) is 0 Å². The molecule has 21 heavy (non-hydrogen) atoms. The standard InChI is InChI=1S/C17H24N2O2/c1-21-14-5-6-15-16(11-14)13(12-18-17(15)20)7-10-19-8-3-2-4-9-19/h5-6,11,13H,2-4,7-10,12H2,1H3,(H,18,20). The van der Waals surface area contributed by atoms with E-state index in [4.69, 9.17) is 4.74 Å². The number of rotatable bonds is 4. The van der Waals surface area contributed by atoms with Crippen LogP contribution in [-0.4, -0.2) is 44.1 Å². The molecular weight excluding hydrogens is 264 g/mol. The number of hydrogen-bond acceptors (Lipinski definition) is 3. The Morgan fingerprint density at radius 1 is 1.29 bits per heavy atom. The average Bonchev–Trinajstić information content (AvgIpc) is 2.55. The lowest BCUT2D eigenvalue weighted by atomic mass is 9.87. The Balaban J connectivity index is 1.71. The van der Waals surface area contributed by atoms with Gasteiger partial charge in [-0.1, -0.05) is 6.42 Å². The summed E-state index contributed by atoms with van der Waals surface area (Å²) in [5.41, 5.74) is 1.96. The van der Waals surface area contributed by atoms with Crippen LogP contribution in [0.4, 0.5) is 0 Å². The number of piperidine rings is 1. The Hall–Kier alpha value is -1.55. The molecule has 1 atom stereocenters. The van der Waals surface area contributed by atoms with Gasteiger partial charge in [0.15, 0.2) is 0 Å². The number of methoxy groups -OCH3 is 1. The van der Waals surface area contributed by atoms with E-state index in [0.717, 1.165) is 36.4 Å². The summed E-state index contributed by atoms with van der Waals surface area (Å²) in [6, 6.07) is 5.79. The topological polar surface area (TPSA) is 41.6 Å². The maximum atomic E-state index is 12.0. The maximum absolute atomic E-state index is 12.0. The Kier molecular flexibility index (Phi) is 4.44. The van der Waals surface area contributed by atoms with Crippen LogP contribution in [0, 0.1) is 0 Å². The number of nitrogens with zero attached hydrogens (tertiary/aromatic N) is 1. The molecule has 4 heteroatoms. The number of likely N-dealkylation sites (tertiary alicyclic amines) is 1. The van der Waals surface area contributed by atoms with Crippen molar-refractivity contribution in [1.82, 2.24) is 10.2 Å². The van der Waals surface area contributed by atoms with Gasteiger partial charge in [-0.2, -0.15) is 0 Å². The van der Waals surface area contributed by atoms with E-state index in [0.29, 0.717) is 5.92 Å². The predicted octanol–water partition coefficient (Wildman–Crippen LogP) is 2.40. The van der Waals surface area contributed by atoms with Crippen LogP contribution in [0.5, 0.6) is 5.75 Å². The van der Waals surface area contributed by atoms with Gasteiger partial charge in [0.1, 0.15) is 5.75 Å². The van der Waals surface area contributed by atoms with E-state index in [1.54, 1.807) is 7.11 Å². The van der Waals surface area contributed by atoms with Crippen molar-refractivity contribution < 1.29 is 9.53 Å². The van der Waals surface area contributed by atoms with Crippen LogP contribution in [0.1, 0.15) is 47.5 Å². The minimum Gasteiger partial charge on any atom is -0.497 e. The zero-order valence-electron chi connectivity index (χ0n) is 12.7. The maximum Gasteiger partial charge on any atom is 0.251 e. The molecule has 3 rings (SSSR count). The van der Waals surface area contributed by atoms with Crippen molar-refractivity contribution in [2.45, 2.75) is 31.6 Å². The van der Waals surface area contributed by atoms with Gasteiger partial charge < -0.3 is 15.0 Å². The molecule has 1 amide bonds. The van der Waals surface area contributed by atoms with E-state index >= 15 is 0 Å². The lowest BCUT2D eigenvalue weighted by molar-refractivity contribution is 0.0937. The van der Waals surface area contributed by atoms with Gasteiger partial charge in [-0.3, -0.25) is 4.79 Å². The van der Waals surface area contributed by atoms with E-state index in [-0.39, 0.29) is 5.91 Å². The summed E-state index contributed by atoms with van der Waals surface area (Å²) in [4.78, 5) is 14.5. The highest BCUT2D eigenvalue weighted by atomic mass is 16.5. The smallest absolute Gasteiger partial charge is 0.251 e. The molecule has 0 saturated carbocycles. The summed E-state index contributed by atoms with van der Waals surface area (Å²) in [6.45, 7) is 4.32. The van der Waals surface area contributed by atoms with Crippen molar-refractivity contribution >= 4 is 5.91 Å². The van der Waals surface area contributed by atoms with E-state index < -0.39 is 0 Å². The van der Waals surface area contributed by atoms with Gasteiger partial charge in [0.05, 0.1) is 7.11 Å². The molecule has 1 aromatic rings. The van der Waals surface area contributed by atoms with Crippen LogP contribution in [0.2, 0.25) is 0 Å². The molecule has 1 N–H and O–H groups in total. The lowest BCUT2D eigenvalue weighted by Gasteiger charge is -2.31. The van der Waals surface area contributed by atoms with Gasteiger partial charge in [0, 0.05) is 18.0 Å². The van der Waals surface area contributed by atoms with Crippen LogP contribution >= 0.6 is 0 Å². The molecule has 0 spiro atoms. The van der Waals surface area contributed by atoms with E-state index in [9.17, 15) is 4.79 Å². The van der Waals surface area contributed by atoms with Gasteiger partial charge in [0.25, 0.3) is 5.91 Å². The summed E-state index contributed by atoms with van der Waals surface area (Å²) in [5, 5.41) is 3.02. The molecule has 0 aliphatic carbocycles. The first-order valence-corrected chi connectivity index (χ1v) is 7.96. The second kappa shape index (κ2) is 6.48. The fourth-order valence-electron chi connectivity index (χ4n) is 3.41. The molecule has 1 unspecified atom stereocenters. The third-order valence-electron chi connectivity index (χ3n) is 4.69. The van der Waals surface area contributed by atoms with Crippen molar-refractivity contribution in [1.29, 1.82) is 0 Å². The Bertz CT molecular complexity index is 510. The Labute approximate surface area is 126 Å². The summed E-state index contributed by atoms with van der Waals surface area (Å²) in [5.74, 6) is 1.28. The molecule has 0 radical (unpaired) electrons. The van der Waals surface area contributed by atoms with Crippen LogP contribution in [-0.2, 0) is 0 Å². The fraction of sp³-hybridized carbons (Fsp3) is 0.588. The van der Waals surface area contributed by atoms with Crippen molar-refractivity contribution in [3.05, 3.63) is 29.3 Å². The van der Waals surface area contributed by atoms with Crippen molar-refractivity contribution in [3.8, 4) is 5.75 Å². The first-order valence-electron chi connectivity index (χ1n) is 7.96. The molecule has 1 fully saturated rings. The van der Waals surface area contributed by atoms with Crippen molar-refractivity contribution in [2.24, 2.45) is 0 Å². The first-order chi connectivity index (χ1) is 10.3. The molecule has 1 aromatic carbocycles. The average molecular weight is 288 g/mol. The van der Waals surface area contributed by atoms with E-state index in [1.165, 1.54) is 32.4 Å². The monoisotopic (exact) mass is 288 g/mol. The van der Waals surface area contributed by atoms with Gasteiger partial charge >= 0.3 is 0 Å². The van der Waals surface area contributed by atoms with Crippen molar-refractivity contribution in [3.63, 3.8) is 0 Å². The normalized spacial score (nSPS) is 22.5. The molecule has 0 aromatic heterocycles. The number of ether oxygens (including phenoxy) is 1. The molecule has 2 heterocycles. The number of carbonyl (C=O) groups is 1. The number of benzene rings is 1. The molecule has 1 saturated heterocycles. The van der Waals surface area contributed by atoms with Gasteiger partial charge in [0.2, 0.25) is 0 Å². The van der Waals surface area contributed by atoms with E-state index in [2.05, 4.69) is 10.2 Å². The number of hydrogen-bond donors (Lipinski definition) is 1. The fourth-order valence-corrected chi connectivity index (χ4v) is 3.41. The third-order valence-corrected chi connectivity index (χ3v) is 4.69. The first kappa shape index (κ1) is 14.4. The second-order valence-corrected chi connectivity index (χ2v) is 6.05. The summed E-state index contributed by atoms with van der Waals surface area (Å²) >= 11 is 0. The quantitative estimate of drug-likeness (QED) is 0.925. The molecular formula is C17H24N2O2. The third kappa shape index (κ3) is 3.21. The number of nitrogens with one attached hydrogen (secondary N) is 1. The zero-order chi connectivity index (χ0) is 14.7. The second-order valence-electron chi connectivity index (χ2n) is 6.05. The Morgan fingerprint density at radius 3 is 2.86 bits per heavy atom. The summed E-state index contributed by atoms with van der Waals surface area (Å²) in [7, 11) is 1.67. The minimum atomic E-state index is 0.0434. The van der Waals surface area contributed by atoms with Crippen LogP contribution in [0.3, 0.4) is 0 Å². The Morgan fingerprint density at radius 2 is 2.10 bits per heavy atom. The van der Waals surface area contributed by atoms with Crippen LogP contribution in [0.25, 0.3) is 0 Å². The highest BCUT2D eigenvalue weighted by molar-refractivity contribution is 5.97. The highest BCUT2D eigenvalue weighted by Gasteiger charge is 2.26. The SMILES string of the molecule is COc1ccc2c(c1)C(CCN1CCCCC1)CNC2=O. The number of fused-ring (bicyclic) bond motifs is 1. The number of carbonyl (C=O) groups excluding carboxylic acids is 1. The van der Waals surface area contributed by atoms with Gasteiger partial charge in [-0.25, -0.2) is 0 Å². The van der Waals surface area contributed by atoms with Crippen LogP contribution < -0.4 is 10.1 Å². The number of amides is 1. The van der Waals surface area contributed by atoms with E-state index in [1.807, 2.05) is 18.2 Å². The van der Waals surface area contributed by atoms with Crippen LogP contribution in [0.15, 0.2) is 18.2 Å². The molecule has 2 aliphatic rings.